The average molecular weight is 537 g/mol. The van der Waals surface area contributed by atoms with Crippen LogP contribution in [0, 0.1) is 17.1 Å². The average Bonchev–Trinajstić information content (AvgIpc) is 3.58. The molecule has 0 amide bonds. The summed E-state index contributed by atoms with van der Waals surface area (Å²) in [5.74, 6) is -0.0232. The first kappa shape index (κ1) is 24.5. The zero-order chi connectivity index (χ0) is 26.1. The van der Waals surface area contributed by atoms with Crippen molar-refractivity contribution in [3.05, 3.63) is 88.2 Å². The van der Waals surface area contributed by atoms with Crippen LogP contribution in [0.2, 0.25) is 10.0 Å². The molecule has 3 heterocycles. The normalized spacial score (nSPS) is 12.0. The number of nitriles is 1. The maximum absolute atomic E-state index is 13.7. The molecule has 0 spiro atoms. The predicted molar refractivity (Wildman–Crippen MR) is 139 cm³/mol. The number of hydrogen-bond acceptors (Lipinski definition) is 8. The Kier molecular flexibility index (Phi) is 6.65. The van der Waals surface area contributed by atoms with Gasteiger partial charge in [-0.25, -0.2) is 14.1 Å². The highest BCUT2D eigenvalue weighted by Crippen LogP contribution is 2.37. The SMILES string of the molecule is CC(C)n1cc(C(Nc2cc(Cl)c3ncc(C#N)c(Nc4ccc(F)c(Cl)c4)c3c2)c2cnco2)nn1. The number of fused-ring (bicyclic) bond motifs is 1. The number of oxazole rings is 1. The van der Waals surface area contributed by atoms with Gasteiger partial charge in [-0.15, -0.1) is 5.10 Å². The molecule has 0 saturated carbocycles. The number of pyridine rings is 1. The predicted octanol–water partition coefficient (Wildman–Crippen LogP) is 6.66. The van der Waals surface area contributed by atoms with Gasteiger partial charge in [0.25, 0.3) is 0 Å². The molecule has 0 bridgehead atoms. The molecular formula is C25H19Cl2FN8O. The van der Waals surface area contributed by atoms with E-state index in [0.717, 1.165) is 0 Å². The van der Waals surface area contributed by atoms with Crippen molar-refractivity contribution in [2.75, 3.05) is 10.6 Å². The molecule has 0 aliphatic rings. The fourth-order valence-corrected chi connectivity index (χ4v) is 4.23. The quantitative estimate of drug-likeness (QED) is 0.237. The van der Waals surface area contributed by atoms with Crippen molar-refractivity contribution in [3.63, 3.8) is 0 Å². The van der Waals surface area contributed by atoms with E-state index in [1.54, 1.807) is 23.0 Å². The van der Waals surface area contributed by atoms with Crippen LogP contribution in [0.5, 0.6) is 0 Å². The summed E-state index contributed by atoms with van der Waals surface area (Å²) in [6.45, 7) is 4.00. The van der Waals surface area contributed by atoms with Gasteiger partial charge in [0, 0.05) is 29.0 Å². The maximum Gasteiger partial charge on any atom is 0.180 e. The van der Waals surface area contributed by atoms with E-state index in [-0.39, 0.29) is 16.6 Å². The minimum Gasteiger partial charge on any atom is -0.446 e. The number of hydrogen-bond donors (Lipinski definition) is 2. The van der Waals surface area contributed by atoms with Gasteiger partial charge in [0.2, 0.25) is 0 Å². The number of rotatable bonds is 7. The molecule has 186 valence electrons. The molecule has 3 aromatic heterocycles. The van der Waals surface area contributed by atoms with Crippen molar-refractivity contribution in [1.29, 1.82) is 5.26 Å². The van der Waals surface area contributed by atoms with Crippen molar-refractivity contribution in [3.8, 4) is 6.07 Å². The second-order valence-electron chi connectivity index (χ2n) is 8.47. The van der Waals surface area contributed by atoms with Crippen LogP contribution in [0.4, 0.5) is 21.5 Å². The minimum atomic E-state index is -0.547. The van der Waals surface area contributed by atoms with Crippen LogP contribution in [0.1, 0.15) is 42.9 Å². The Hall–Kier alpha value is -4.20. The van der Waals surface area contributed by atoms with Gasteiger partial charge in [0.1, 0.15) is 23.6 Å². The Labute approximate surface area is 220 Å². The summed E-state index contributed by atoms with van der Waals surface area (Å²) in [5.41, 5.74) is 2.91. The lowest BCUT2D eigenvalue weighted by Crippen LogP contribution is -2.12. The van der Waals surface area contributed by atoms with Crippen LogP contribution < -0.4 is 10.6 Å². The largest absolute Gasteiger partial charge is 0.446 e. The molecule has 5 aromatic rings. The summed E-state index contributed by atoms with van der Waals surface area (Å²) < 4.78 is 21.0. The summed E-state index contributed by atoms with van der Waals surface area (Å²) in [5, 5.41) is 25.7. The van der Waals surface area contributed by atoms with Crippen molar-refractivity contribution >= 4 is 51.2 Å². The molecule has 0 fully saturated rings. The van der Waals surface area contributed by atoms with Gasteiger partial charge >= 0.3 is 0 Å². The topological polar surface area (TPSA) is 117 Å². The zero-order valence-corrected chi connectivity index (χ0v) is 21.1. The van der Waals surface area contributed by atoms with Crippen LogP contribution in [0.3, 0.4) is 0 Å². The Morgan fingerprint density at radius 1 is 1.11 bits per heavy atom. The summed E-state index contributed by atoms with van der Waals surface area (Å²) >= 11 is 12.6. The van der Waals surface area contributed by atoms with Crippen molar-refractivity contribution in [1.82, 2.24) is 25.0 Å². The highest BCUT2D eigenvalue weighted by atomic mass is 35.5. The molecule has 1 unspecified atom stereocenters. The third-order valence-corrected chi connectivity index (χ3v) is 6.21. The van der Waals surface area contributed by atoms with Gasteiger partial charge in [-0.1, -0.05) is 28.4 Å². The van der Waals surface area contributed by atoms with Crippen molar-refractivity contribution in [2.24, 2.45) is 0 Å². The number of halogens is 3. The first-order valence-corrected chi connectivity index (χ1v) is 11.9. The first-order chi connectivity index (χ1) is 17.8. The number of benzene rings is 2. The molecule has 0 aliphatic carbocycles. The lowest BCUT2D eigenvalue weighted by molar-refractivity contribution is 0.491. The van der Waals surface area contributed by atoms with Crippen LogP contribution in [-0.2, 0) is 0 Å². The Morgan fingerprint density at radius 3 is 2.59 bits per heavy atom. The summed E-state index contributed by atoms with van der Waals surface area (Å²) in [6, 6.07) is 9.46. The van der Waals surface area contributed by atoms with Gasteiger partial charge in [0.15, 0.2) is 12.2 Å². The molecular weight excluding hydrogens is 518 g/mol. The highest BCUT2D eigenvalue weighted by Gasteiger charge is 2.23. The first-order valence-electron chi connectivity index (χ1n) is 11.1. The second kappa shape index (κ2) is 10.0. The van der Waals surface area contributed by atoms with Crippen LogP contribution >= 0.6 is 23.2 Å². The third kappa shape index (κ3) is 4.91. The van der Waals surface area contributed by atoms with E-state index in [1.165, 1.54) is 30.8 Å². The number of nitrogens with one attached hydrogen (secondary N) is 2. The van der Waals surface area contributed by atoms with Crippen LogP contribution in [-0.4, -0.2) is 25.0 Å². The van der Waals surface area contributed by atoms with E-state index in [4.69, 9.17) is 27.6 Å². The molecule has 5 rings (SSSR count). The Morgan fingerprint density at radius 2 is 1.92 bits per heavy atom. The zero-order valence-electron chi connectivity index (χ0n) is 19.6. The molecule has 0 aliphatic heterocycles. The van der Waals surface area contributed by atoms with Gasteiger partial charge in [-0.05, 0) is 44.2 Å². The molecule has 12 heteroatoms. The number of nitrogens with zero attached hydrogens (tertiary/aromatic N) is 6. The Bertz CT molecular complexity index is 1630. The van der Waals surface area contributed by atoms with E-state index in [2.05, 4.69) is 37.0 Å². The molecule has 0 saturated heterocycles. The standard InChI is InChI=1S/C25H19Cl2FN8O/c1-13(2)36-11-21(34-35-36)25(22-10-30-12-37-22)33-16-5-17-23(32-15-3-4-20(28)18(26)6-15)14(8-29)9-31-24(17)19(27)7-16/h3-7,9-13,25,33H,1-2H3,(H,31,32). The van der Waals surface area contributed by atoms with E-state index < -0.39 is 11.9 Å². The van der Waals surface area contributed by atoms with Crippen molar-refractivity contribution in [2.45, 2.75) is 25.9 Å². The van der Waals surface area contributed by atoms with Gasteiger partial charge in [-0.3, -0.25) is 4.98 Å². The summed E-state index contributed by atoms with van der Waals surface area (Å²) in [6.07, 6.45) is 6.18. The Balaban J connectivity index is 1.60. The third-order valence-electron chi connectivity index (χ3n) is 5.63. The smallest absolute Gasteiger partial charge is 0.180 e. The molecule has 0 radical (unpaired) electrons. The lowest BCUT2D eigenvalue weighted by Gasteiger charge is -2.18. The van der Waals surface area contributed by atoms with Gasteiger partial charge in [-0.2, -0.15) is 5.26 Å². The summed E-state index contributed by atoms with van der Waals surface area (Å²) in [7, 11) is 0. The van der Waals surface area contributed by atoms with Crippen LogP contribution in [0.15, 0.2) is 59.7 Å². The molecule has 37 heavy (non-hydrogen) atoms. The molecule has 2 aromatic carbocycles. The van der Waals surface area contributed by atoms with E-state index >= 15 is 0 Å². The molecule has 1 atom stereocenters. The lowest BCUT2D eigenvalue weighted by atomic mass is 10.1. The fourth-order valence-electron chi connectivity index (χ4n) is 3.78. The van der Waals surface area contributed by atoms with Gasteiger partial charge in [0.05, 0.1) is 39.2 Å². The van der Waals surface area contributed by atoms with E-state index in [1.807, 2.05) is 20.0 Å². The monoisotopic (exact) mass is 536 g/mol. The number of aromatic nitrogens is 5. The van der Waals surface area contributed by atoms with E-state index in [0.29, 0.717) is 44.4 Å². The summed E-state index contributed by atoms with van der Waals surface area (Å²) in [4.78, 5) is 8.41. The fraction of sp³-hybridized carbons (Fsp3) is 0.160. The number of anilines is 3. The molecule has 2 N–H and O–H groups in total. The minimum absolute atomic E-state index is 0.0494. The molecule has 9 nitrogen and oxygen atoms in total. The van der Waals surface area contributed by atoms with Crippen LogP contribution in [0.25, 0.3) is 10.9 Å². The van der Waals surface area contributed by atoms with Crippen molar-refractivity contribution < 1.29 is 8.81 Å². The highest BCUT2D eigenvalue weighted by molar-refractivity contribution is 6.36. The maximum atomic E-state index is 13.7. The second-order valence-corrected chi connectivity index (χ2v) is 9.28. The van der Waals surface area contributed by atoms with Gasteiger partial charge < -0.3 is 15.1 Å². The van der Waals surface area contributed by atoms with E-state index in [9.17, 15) is 9.65 Å².